The molecule has 2 aromatic rings. The van der Waals surface area contributed by atoms with E-state index >= 15 is 0 Å². The van der Waals surface area contributed by atoms with Crippen molar-refractivity contribution in [2.24, 2.45) is 21.1 Å². The Morgan fingerprint density at radius 2 is 1.62 bits per heavy atom. The van der Waals surface area contributed by atoms with Gasteiger partial charge < -0.3 is 14.0 Å². The monoisotopic (exact) mass is 338 g/mol. The number of aryl methyl sites for hydroxylation is 2. The molecule has 0 aliphatic rings. The van der Waals surface area contributed by atoms with Gasteiger partial charge in [-0.1, -0.05) is 0 Å². The molecule has 10 heteroatoms. The van der Waals surface area contributed by atoms with Crippen molar-refractivity contribution in [3.8, 4) is 0 Å². The Bertz CT molecular complexity index is 920. The van der Waals surface area contributed by atoms with E-state index in [1.807, 2.05) is 0 Å². The molecule has 24 heavy (non-hydrogen) atoms. The number of fused-ring (bicyclic) bond motifs is 1. The average Bonchev–Trinajstić information content (AvgIpc) is 2.84. The summed E-state index contributed by atoms with van der Waals surface area (Å²) in [4.78, 5) is 50.8. The van der Waals surface area contributed by atoms with Gasteiger partial charge in [0, 0.05) is 28.1 Å². The van der Waals surface area contributed by atoms with Crippen LogP contribution in [0.4, 0.5) is 0 Å². The van der Waals surface area contributed by atoms with Crippen molar-refractivity contribution in [3.05, 3.63) is 26.7 Å². The van der Waals surface area contributed by atoms with Crippen LogP contribution >= 0.6 is 0 Å². The van der Waals surface area contributed by atoms with E-state index in [-0.39, 0.29) is 30.8 Å². The zero-order valence-corrected chi connectivity index (χ0v) is 13.9. The fourth-order valence-electron chi connectivity index (χ4n) is 2.24. The summed E-state index contributed by atoms with van der Waals surface area (Å²) in [7, 11) is 4.46. The number of ether oxygens (including phenoxy) is 2. The molecule has 0 aliphatic heterocycles. The van der Waals surface area contributed by atoms with Crippen LogP contribution in [0.3, 0.4) is 0 Å². The molecule has 0 spiro atoms. The lowest BCUT2D eigenvalue weighted by molar-refractivity contribution is -0.150. The van der Waals surface area contributed by atoms with Gasteiger partial charge >= 0.3 is 17.6 Å². The molecule has 0 aliphatic carbocycles. The first-order valence-electron chi connectivity index (χ1n) is 7.14. The molecule has 0 unspecified atom stereocenters. The van der Waals surface area contributed by atoms with Crippen molar-refractivity contribution < 1.29 is 19.1 Å². The molecular formula is C14H18N4O6. The third-order valence-electron chi connectivity index (χ3n) is 3.52. The van der Waals surface area contributed by atoms with Crippen LogP contribution in [0.5, 0.6) is 0 Å². The molecule has 0 saturated carbocycles. The minimum Gasteiger partial charge on any atom is -0.462 e. The normalized spacial score (nSPS) is 10.8. The molecule has 0 aromatic carbocycles. The first-order valence-corrected chi connectivity index (χ1v) is 7.14. The maximum atomic E-state index is 12.2. The number of nitrogens with zero attached hydrogens (tertiary/aromatic N) is 4. The lowest BCUT2D eigenvalue weighted by Crippen LogP contribution is -2.37. The predicted molar refractivity (Wildman–Crippen MR) is 82.5 cm³/mol. The minimum absolute atomic E-state index is 0.0291. The summed E-state index contributed by atoms with van der Waals surface area (Å²) in [6, 6.07) is 0. The summed E-state index contributed by atoms with van der Waals surface area (Å²) >= 11 is 0. The lowest BCUT2D eigenvalue weighted by Gasteiger charge is -2.05. The highest BCUT2D eigenvalue weighted by Crippen LogP contribution is 2.09. The van der Waals surface area contributed by atoms with E-state index in [0.29, 0.717) is 5.82 Å². The van der Waals surface area contributed by atoms with Gasteiger partial charge in [-0.05, 0) is 0 Å². The van der Waals surface area contributed by atoms with E-state index in [2.05, 4.69) is 9.72 Å². The van der Waals surface area contributed by atoms with Crippen LogP contribution in [-0.4, -0.2) is 43.8 Å². The third-order valence-corrected chi connectivity index (χ3v) is 3.52. The molecule has 10 nitrogen and oxygen atoms in total. The molecule has 0 radical (unpaired) electrons. The largest absolute Gasteiger partial charge is 0.462 e. The zero-order chi connectivity index (χ0) is 18.0. The van der Waals surface area contributed by atoms with Gasteiger partial charge in [0.1, 0.15) is 25.5 Å². The highest BCUT2D eigenvalue weighted by molar-refractivity contribution is 5.75. The van der Waals surface area contributed by atoms with Gasteiger partial charge in [0.25, 0.3) is 5.56 Å². The Hall–Kier alpha value is -2.91. The number of carbonyl (C=O) groups excluding carboxylic acids is 2. The number of hydrogen-bond donors (Lipinski definition) is 0. The van der Waals surface area contributed by atoms with Crippen molar-refractivity contribution >= 4 is 23.1 Å². The van der Waals surface area contributed by atoms with Gasteiger partial charge in [0.05, 0.1) is 0 Å². The Morgan fingerprint density at radius 3 is 2.25 bits per heavy atom. The van der Waals surface area contributed by atoms with E-state index in [1.54, 1.807) is 7.05 Å². The second-order valence-corrected chi connectivity index (χ2v) is 5.20. The highest BCUT2D eigenvalue weighted by Gasteiger charge is 2.19. The Balaban J connectivity index is 2.23. The summed E-state index contributed by atoms with van der Waals surface area (Å²) in [6.07, 6.45) is -0.178. The molecule has 0 N–H and O–H groups in total. The first-order chi connectivity index (χ1) is 11.2. The summed E-state index contributed by atoms with van der Waals surface area (Å²) in [5, 5.41) is 0. The number of aromatic nitrogens is 4. The van der Waals surface area contributed by atoms with Crippen LogP contribution in [-0.2, 0) is 46.6 Å². The molecule has 2 aromatic heterocycles. The smallest absolute Gasteiger partial charge is 0.332 e. The quantitative estimate of drug-likeness (QED) is 0.487. The van der Waals surface area contributed by atoms with Crippen LogP contribution < -0.4 is 11.2 Å². The van der Waals surface area contributed by atoms with Crippen molar-refractivity contribution in [2.75, 3.05) is 13.2 Å². The van der Waals surface area contributed by atoms with Gasteiger partial charge in [-0.25, -0.2) is 9.78 Å². The minimum atomic E-state index is -0.581. The molecule has 130 valence electrons. The standard InChI is InChI=1S/C14H18N4O6/c1-8(19)23-5-6-24-10(20)7-9-15-12-11(16(9)2)13(21)18(4)14(22)17(12)3/h5-7H2,1-4H3. The number of carbonyl (C=O) groups is 2. The van der Waals surface area contributed by atoms with Gasteiger partial charge in [-0.2, -0.15) is 0 Å². The van der Waals surface area contributed by atoms with Gasteiger partial charge in [0.15, 0.2) is 11.2 Å². The molecule has 0 amide bonds. The number of hydrogen-bond acceptors (Lipinski definition) is 7. The second kappa shape index (κ2) is 6.69. The van der Waals surface area contributed by atoms with Crippen molar-refractivity contribution in [3.63, 3.8) is 0 Å². The van der Waals surface area contributed by atoms with Gasteiger partial charge in [-0.3, -0.25) is 23.5 Å². The molecular weight excluding hydrogens is 320 g/mol. The van der Waals surface area contributed by atoms with E-state index in [9.17, 15) is 19.2 Å². The lowest BCUT2D eigenvalue weighted by atomic mass is 10.4. The van der Waals surface area contributed by atoms with E-state index in [1.165, 1.54) is 30.2 Å². The van der Waals surface area contributed by atoms with Crippen molar-refractivity contribution in [1.82, 2.24) is 18.7 Å². The van der Waals surface area contributed by atoms with Gasteiger partial charge in [-0.15, -0.1) is 0 Å². The Labute approximate surface area is 136 Å². The summed E-state index contributed by atoms with van der Waals surface area (Å²) in [5.74, 6) is -0.749. The predicted octanol–water partition coefficient (Wildman–Crippen LogP) is -1.38. The van der Waals surface area contributed by atoms with Crippen molar-refractivity contribution in [2.45, 2.75) is 13.3 Å². The molecule has 0 saturated heterocycles. The Kier molecular flexibility index (Phi) is 4.86. The SMILES string of the molecule is CC(=O)OCCOC(=O)Cc1nc2c(c(=O)n(C)c(=O)n2C)n1C. The third kappa shape index (κ3) is 3.21. The topological polar surface area (TPSA) is 114 Å². The fourth-order valence-corrected chi connectivity index (χ4v) is 2.24. The average molecular weight is 338 g/mol. The van der Waals surface area contributed by atoms with Crippen molar-refractivity contribution in [1.29, 1.82) is 0 Å². The maximum Gasteiger partial charge on any atom is 0.332 e. The van der Waals surface area contributed by atoms with Crippen LogP contribution in [0.1, 0.15) is 12.7 Å². The Morgan fingerprint density at radius 1 is 1.00 bits per heavy atom. The van der Waals surface area contributed by atoms with Crippen LogP contribution in [0, 0.1) is 0 Å². The summed E-state index contributed by atoms with van der Waals surface area (Å²) < 4.78 is 13.3. The van der Waals surface area contributed by atoms with Gasteiger partial charge in [0.2, 0.25) is 0 Å². The fraction of sp³-hybridized carbons (Fsp3) is 0.500. The molecule has 2 rings (SSSR count). The summed E-state index contributed by atoms with van der Waals surface area (Å²) in [5.41, 5.74) is -0.561. The molecule has 0 atom stereocenters. The van der Waals surface area contributed by atoms with E-state index < -0.39 is 23.2 Å². The highest BCUT2D eigenvalue weighted by atomic mass is 16.6. The first kappa shape index (κ1) is 17.4. The van der Waals surface area contributed by atoms with E-state index in [4.69, 9.17) is 4.74 Å². The number of imidazole rings is 1. The number of esters is 2. The van der Waals surface area contributed by atoms with Crippen LogP contribution in [0.2, 0.25) is 0 Å². The second-order valence-electron chi connectivity index (χ2n) is 5.20. The molecule has 0 fully saturated rings. The molecule has 2 heterocycles. The maximum absolute atomic E-state index is 12.2. The van der Waals surface area contributed by atoms with Crippen LogP contribution in [0.25, 0.3) is 11.2 Å². The van der Waals surface area contributed by atoms with E-state index in [0.717, 1.165) is 4.57 Å². The zero-order valence-electron chi connectivity index (χ0n) is 13.9. The number of rotatable bonds is 5. The van der Waals surface area contributed by atoms with Crippen LogP contribution in [0.15, 0.2) is 9.59 Å². The molecule has 0 bridgehead atoms. The summed E-state index contributed by atoms with van der Waals surface area (Å²) in [6.45, 7) is 1.16.